The molecule has 2 aromatic rings. The van der Waals surface area contributed by atoms with Gasteiger partial charge >= 0.3 is 11.9 Å². The second kappa shape index (κ2) is 9.18. The Morgan fingerprint density at radius 3 is 2.14 bits per heavy atom. The van der Waals surface area contributed by atoms with Crippen molar-refractivity contribution in [3.8, 4) is 5.75 Å². The molecule has 0 saturated heterocycles. The summed E-state index contributed by atoms with van der Waals surface area (Å²) in [6.07, 6.45) is 0.860. The molecule has 0 aliphatic rings. The van der Waals surface area contributed by atoms with Gasteiger partial charge in [0.2, 0.25) is 0 Å². The van der Waals surface area contributed by atoms with Crippen molar-refractivity contribution in [2.24, 2.45) is 0 Å². The van der Waals surface area contributed by atoms with Gasteiger partial charge in [-0.2, -0.15) is 0 Å². The molecular formula is C17H18O5. The van der Waals surface area contributed by atoms with E-state index in [-0.39, 0.29) is 17.3 Å². The molecular weight excluding hydrogens is 284 g/mol. The quantitative estimate of drug-likeness (QED) is 0.846. The van der Waals surface area contributed by atoms with Crippen LogP contribution in [0, 0.1) is 0 Å². The minimum Gasteiger partial charge on any atom is -0.508 e. The Hall–Kier alpha value is -2.82. The number of rotatable bonds is 4. The number of benzene rings is 2. The van der Waals surface area contributed by atoms with Crippen LogP contribution in [0.25, 0.3) is 0 Å². The lowest BCUT2D eigenvalue weighted by Gasteiger charge is -2.01. The van der Waals surface area contributed by atoms with Gasteiger partial charge in [0.25, 0.3) is 0 Å². The Labute approximate surface area is 128 Å². The summed E-state index contributed by atoms with van der Waals surface area (Å²) >= 11 is 0. The standard InChI is InChI=1S/C10H12O2.C7H6O3/c1-2-8-12-10(11)9-6-4-3-5-7-9;8-6-3-1-2-5(4-6)7(9)10/h3-7H,2,8H2,1H3;1-4,8H,(H,9,10). The van der Waals surface area contributed by atoms with E-state index in [4.69, 9.17) is 14.9 Å². The Morgan fingerprint density at radius 1 is 1.00 bits per heavy atom. The van der Waals surface area contributed by atoms with Gasteiger partial charge < -0.3 is 14.9 Å². The van der Waals surface area contributed by atoms with Crippen molar-refractivity contribution < 1.29 is 24.5 Å². The highest BCUT2D eigenvalue weighted by molar-refractivity contribution is 5.89. The van der Waals surface area contributed by atoms with E-state index in [1.54, 1.807) is 12.1 Å². The van der Waals surface area contributed by atoms with Gasteiger partial charge in [0.1, 0.15) is 5.75 Å². The number of phenols is 1. The van der Waals surface area contributed by atoms with Crippen LogP contribution in [-0.2, 0) is 4.74 Å². The fourth-order valence-corrected chi connectivity index (χ4v) is 1.49. The van der Waals surface area contributed by atoms with Crippen LogP contribution in [0.1, 0.15) is 34.1 Å². The van der Waals surface area contributed by atoms with Gasteiger partial charge in [-0.3, -0.25) is 0 Å². The lowest BCUT2D eigenvalue weighted by molar-refractivity contribution is 0.0504. The molecule has 0 fully saturated rings. The molecule has 0 aliphatic heterocycles. The van der Waals surface area contributed by atoms with E-state index in [1.807, 2.05) is 25.1 Å². The summed E-state index contributed by atoms with van der Waals surface area (Å²) in [7, 11) is 0. The van der Waals surface area contributed by atoms with Gasteiger partial charge in [-0.15, -0.1) is 0 Å². The number of aromatic hydroxyl groups is 1. The first-order valence-electron chi connectivity index (χ1n) is 6.79. The molecule has 2 rings (SSSR count). The normalized spacial score (nSPS) is 9.32. The number of hydrogen-bond donors (Lipinski definition) is 2. The Kier molecular flexibility index (Phi) is 7.19. The minimum atomic E-state index is -1.03. The van der Waals surface area contributed by atoms with Gasteiger partial charge in [0, 0.05) is 0 Å². The zero-order chi connectivity index (χ0) is 16.4. The molecule has 22 heavy (non-hydrogen) atoms. The molecule has 0 spiro atoms. The molecule has 0 radical (unpaired) electrons. The molecule has 0 atom stereocenters. The van der Waals surface area contributed by atoms with Crippen molar-refractivity contribution in [3.63, 3.8) is 0 Å². The fourth-order valence-electron chi connectivity index (χ4n) is 1.49. The highest BCUT2D eigenvalue weighted by Crippen LogP contribution is 2.10. The molecule has 2 aromatic carbocycles. The molecule has 0 amide bonds. The van der Waals surface area contributed by atoms with Crippen molar-refractivity contribution in [3.05, 3.63) is 65.7 Å². The second-order valence-electron chi connectivity index (χ2n) is 4.36. The summed E-state index contributed by atoms with van der Waals surface area (Å²) < 4.78 is 4.94. The van der Waals surface area contributed by atoms with E-state index in [0.717, 1.165) is 6.42 Å². The van der Waals surface area contributed by atoms with E-state index < -0.39 is 5.97 Å². The number of carboxylic acid groups (broad SMARTS) is 1. The summed E-state index contributed by atoms with van der Waals surface area (Å²) in [5, 5.41) is 17.2. The number of hydrogen-bond acceptors (Lipinski definition) is 4. The number of esters is 1. The molecule has 0 saturated carbocycles. The largest absolute Gasteiger partial charge is 0.508 e. The Morgan fingerprint density at radius 2 is 1.64 bits per heavy atom. The third-order valence-electron chi connectivity index (χ3n) is 2.54. The molecule has 0 bridgehead atoms. The van der Waals surface area contributed by atoms with Crippen molar-refractivity contribution >= 4 is 11.9 Å². The van der Waals surface area contributed by atoms with Crippen LogP contribution in [0.5, 0.6) is 5.75 Å². The van der Waals surface area contributed by atoms with Crippen LogP contribution < -0.4 is 0 Å². The third kappa shape index (κ3) is 6.09. The highest BCUT2D eigenvalue weighted by atomic mass is 16.5. The van der Waals surface area contributed by atoms with Gasteiger partial charge in [0.05, 0.1) is 17.7 Å². The summed E-state index contributed by atoms with van der Waals surface area (Å²) in [6, 6.07) is 14.5. The smallest absolute Gasteiger partial charge is 0.338 e. The molecule has 5 nitrogen and oxygen atoms in total. The van der Waals surface area contributed by atoms with Crippen LogP contribution in [0.15, 0.2) is 54.6 Å². The number of phenolic OH excluding ortho intramolecular Hbond substituents is 1. The number of ether oxygens (including phenoxy) is 1. The first kappa shape index (κ1) is 17.2. The number of carboxylic acids is 1. The van der Waals surface area contributed by atoms with Gasteiger partial charge in [-0.1, -0.05) is 31.2 Å². The van der Waals surface area contributed by atoms with Gasteiger partial charge in [0.15, 0.2) is 0 Å². The lowest BCUT2D eigenvalue weighted by atomic mass is 10.2. The number of carbonyl (C=O) groups is 2. The van der Waals surface area contributed by atoms with Crippen LogP contribution in [0.3, 0.4) is 0 Å². The van der Waals surface area contributed by atoms with E-state index in [9.17, 15) is 9.59 Å². The molecule has 2 N–H and O–H groups in total. The summed E-state index contributed by atoms with van der Waals surface area (Å²) in [6.45, 7) is 2.46. The predicted molar refractivity (Wildman–Crippen MR) is 82.1 cm³/mol. The highest BCUT2D eigenvalue weighted by Gasteiger charge is 2.03. The molecule has 0 aromatic heterocycles. The van der Waals surface area contributed by atoms with Crippen molar-refractivity contribution in [1.82, 2.24) is 0 Å². The maximum absolute atomic E-state index is 11.2. The van der Waals surface area contributed by atoms with Crippen molar-refractivity contribution in [2.75, 3.05) is 6.61 Å². The predicted octanol–water partition coefficient (Wildman–Crippen LogP) is 3.34. The second-order valence-corrected chi connectivity index (χ2v) is 4.36. The first-order valence-corrected chi connectivity index (χ1v) is 6.79. The van der Waals surface area contributed by atoms with Gasteiger partial charge in [-0.05, 0) is 36.8 Å². The number of aromatic carboxylic acids is 1. The van der Waals surface area contributed by atoms with Crippen LogP contribution >= 0.6 is 0 Å². The lowest BCUT2D eigenvalue weighted by Crippen LogP contribution is -2.05. The summed E-state index contributed by atoms with van der Waals surface area (Å²) in [4.78, 5) is 21.4. The van der Waals surface area contributed by atoms with E-state index in [1.165, 1.54) is 24.3 Å². The molecule has 0 aliphatic carbocycles. The van der Waals surface area contributed by atoms with E-state index in [0.29, 0.717) is 12.2 Å². The molecule has 116 valence electrons. The Balaban J connectivity index is 0.000000224. The van der Waals surface area contributed by atoms with Crippen LogP contribution in [0.2, 0.25) is 0 Å². The third-order valence-corrected chi connectivity index (χ3v) is 2.54. The molecule has 5 heteroatoms. The summed E-state index contributed by atoms with van der Waals surface area (Å²) in [5.74, 6) is -1.30. The monoisotopic (exact) mass is 302 g/mol. The van der Waals surface area contributed by atoms with Crippen molar-refractivity contribution in [2.45, 2.75) is 13.3 Å². The molecule has 0 heterocycles. The van der Waals surface area contributed by atoms with Crippen molar-refractivity contribution in [1.29, 1.82) is 0 Å². The van der Waals surface area contributed by atoms with Crippen LogP contribution in [-0.4, -0.2) is 28.8 Å². The molecule has 0 unspecified atom stereocenters. The Bertz CT molecular complexity index is 607. The van der Waals surface area contributed by atoms with E-state index >= 15 is 0 Å². The van der Waals surface area contributed by atoms with Crippen LogP contribution in [0.4, 0.5) is 0 Å². The SMILES string of the molecule is CCCOC(=O)c1ccccc1.O=C(O)c1cccc(O)c1. The first-order chi connectivity index (χ1) is 10.5. The minimum absolute atomic E-state index is 0.0279. The van der Waals surface area contributed by atoms with Gasteiger partial charge in [-0.25, -0.2) is 9.59 Å². The summed E-state index contributed by atoms with van der Waals surface area (Å²) in [5.41, 5.74) is 0.714. The zero-order valence-corrected chi connectivity index (χ0v) is 12.2. The maximum atomic E-state index is 11.2. The maximum Gasteiger partial charge on any atom is 0.338 e. The van der Waals surface area contributed by atoms with E-state index in [2.05, 4.69) is 0 Å². The number of carbonyl (C=O) groups excluding carboxylic acids is 1. The topological polar surface area (TPSA) is 83.8 Å². The average molecular weight is 302 g/mol. The average Bonchev–Trinajstić information content (AvgIpc) is 2.54. The zero-order valence-electron chi connectivity index (χ0n) is 12.2. The fraction of sp³-hybridized carbons (Fsp3) is 0.176.